The third-order valence-corrected chi connectivity index (χ3v) is 4.90. The van der Waals surface area contributed by atoms with Gasteiger partial charge in [0.05, 0.1) is 5.69 Å². The maximum Gasteiger partial charge on any atom is 0.265 e. The molecule has 0 N–H and O–H groups in total. The number of thiazole rings is 1. The second-order valence-electron chi connectivity index (χ2n) is 5.26. The van der Waals surface area contributed by atoms with Crippen LogP contribution in [-0.2, 0) is 0 Å². The van der Waals surface area contributed by atoms with Gasteiger partial charge >= 0.3 is 0 Å². The summed E-state index contributed by atoms with van der Waals surface area (Å²) in [5.74, 6) is 0.110. The van der Waals surface area contributed by atoms with E-state index in [1.165, 1.54) is 11.3 Å². The number of amides is 1. The normalized spacial score (nSPS) is 16.2. The predicted octanol–water partition coefficient (Wildman–Crippen LogP) is 1.90. The lowest BCUT2D eigenvalue weighted by molar-refractivity contribution is 0.0668. The molecule has 5 nitrogen and oxygen atoms in total. The summed E-state index contributed by atoms with van der Waals surface area (Å²) in [5, 5.41) is 0.882. The van der Waals surface area contributed by atoms with Gasteiger partial charge < -0.3 is 9.80 Å². The second-order valence-corrected chi connectivity index (χ2v) is 6.26. The predicted molar refractivity (Wildman–Crippen MR) is 83.5 cm³/mol. The minimum atomic E-state index is 0.110. The van der Waals surface area contributed by atoms with Crippen molar-refractivity contribution in [2.45, 2.75) is 6.92 Å². The fourth-order valence-corrected chi connectivity index (χ4v) is 3.41. The highest BCUT2D eigenvalue weighted by molar-refractivity contribution is 7.17. The number of piperazine rings is 1. The van der Waals surface area contributed by atoms with Crippen molar-refractivity contribution in [3.05, 3.63) is 35.1 Å². The van der Waals surface area contributed by atoms with Crippen LogP contribution in [-0.4, -0.2) is 58.9 Å². The molecule has 3 heterocycles. The molecule has 0 radical (unpaired) electrons. The largest absolute Gasteiger partial charge is 0.335 e. The fourth-order valence-electron chi connectivity index (χ4n) is 2.37. The van der Waals surface area contributed by atoms with E-state index in [1.54, 1.807) is 12.4 Å². The van der Waals surface area contributed by atoms with Gasteiger partial charge in [-0.15, -0.1) is 11.3 Å². The molecule has 1 aliphatic rings. The molecule has 1 saturated heterocycles. The maximum atomic E-state index is 12.6. The van der Waals surface area contributed by atoms with Crippen molar-refractivity contribution in [2.24, 2.45) is 0 Å². The van der Waals surface area contributed by atoms with Crippen LogP contribution in [0, 0.1) is 6.92 Å². The number of hydrogen-bond donors (Lipinski definition) is 0. The molecule has 2 aromatic rings. The molecule has 0 saturated carbocycles. The number of carbonyl (C=O) groups is 1. The Morgan fingerprint density at radius 3 is 2.52 bits per heavy atom. The first-order chi connectivity index (χ1) is 10.1. The first-order valence-electron chi connectivity index (χ1n) is 7.01. The van der Waals surface area contributed by atoms with E-state index in [2.05, 4.69) is 21.9 Å². The van der Waals surface area contributed by atoms with Crippen LogP contribution in [0.25, 0.3) is 10.6 Å². The van der Waals surface area contributed by atoms with Crippen LogP contribution in [0.3, 0.4) is 0 Å². The van der Waals surface area contributed by atoms with E-state index in [4.69, 9.17) is 0 Å². The lowest BCUT2D eigenvalue weighted by atomic mass is 10.2. The Bertz CT molecular complexity index is 632. The second kappa shape index (κ2) is 5.91. The lowest BCUT2D eigenvalue weighted by Gasteiger charge is -2.32. The minimum absolute atomic E-state index is 0.110. The molecule has 0 bridgehead atoms. The SMILES string of the molecule is Cc1nc(-c2ccncc2)sc1C(=O)N1CCN(C)CC1. The van der Waals surface area contributed by atoms with Crippen molar-refractivity contribution in [2.75, 3.05) is 33.2 Å². The third-order valence-electron chi connectivity index (χ3n) is 3.71. The standard InChI is InChI=1S/C15H18N4OS/c1-11-13(15(20)19-9-7-18(2)8-10-19)21-14(17-11)12-3-5-16-6-4-12/h3-6H,7-10H2,1-2H3. The van der Waals surface area contributed by atoms with Gasteiger partial charge in [-0.1, -0.05) is 0 Å². The van der Waals surface area contributed by atoms with E-state index in [9.17, 15) is 4.79 Å². The van der Waals surface area contributed by atoms with Crippen LogP contribution in [0.15, 0.2) is 24.5 Å². The molecule has 2 aromatic heterocycles. The third kappa shape index (κ3) is 2.96. The molecule has 1 amide bonds. The molecule has 110 valence electrons. The molecular formula is C15H18N4OS. The molecule has 0 aliphatic carbocycles. The monoisotopic (exact) mass is 302 g/mol. The highest BCUT2D eigenvalue weighted by atomic mass is 32.1. The van der Waals surface area contributed by atoms with Gasteiger partial charge in [0.2, 0.25) is 0 Å². The summed E-state index contributed by atoms with van der Waals surface area (Å²) in [6, 6.07) is 3.84. The summed E-state index contributed by atoms with van der Waals surface area (Å²) in [6.45, 7) is 5.35. The van der Waals surface area contributed by atoms with E-state index in [-0.39, 0.29) is 5.91 Å². The van der Waals surface area contributed by atoms with Crippen LogP contribution in [0.1, 0.15) is 15.4 Å². The van der Waals surface area contributed by atoms with Gasteiger partial charge in [0.15, 0.2) is 0 Å². The Kier molecular flexibility index (Phi) is 3.98. The zero-order valence-corrected chi connectivity index (χ0v) is 13.1. The number of aromatic nitrogens is 2. The topological polar surface area (TPSA) is 49.3 Å². The number of rotatable bonds is 2. The average Bonchev–Trinajstić information content (AvgIpc) is 2.90. The summed E-state index contributed by atoms with van der Waals surface area (Å²) in [6.07, 6.45) is 3.49. The summed E-state index contributed by atoms with van der Waals surface area (Å²) in [5.41, 5.74) is 1.83. The Labute approximate surface area is 128 Å². The molecule has 6 heteroatoms. The number of likely N-dealkylation sites (N-methyl/N-ethyl adjacent to an activating group) is 1. The van der Waals surface area contributed by atoms with Crippen LogP contribution in [0.5, 0.6) is 0 Å². The minimum Gasteiger partial charge on any atom is -0.335 e. The summed E-state index contributed by atoms with van der Waals surface area (Å²) in [7, 11) is 2.08. The zero-order valence-electron chi connectivity index (χ0n) is 12.2. The average molecular weight is 302 g/mol. The molecule has 21 heavy (non-hydrogen) atoms. The molecule has 1 fully saturated rings. The summed E-state index contributed by atoms with van der Waals surface area (Å²) < 4.78 is 0. The first-order valence-corrected chi connectivity index (χ1v) is 7.82. The number of aryl methyl sites for hydroxylation is 1. The lowest BCUT2D eigenvalue weighted by Crippen LogP contribution is -2.47. The quantitative estimate of drug-likeness (QED) is 0.850. The Balaban J connectivity index is 1.83. The van der Waals surface area contributed by atoms with E-state index in [0.29, 0.717) is 0 Å². The Hall–Kier alpha value is -1.79. The van der Waals surface area contributed by atoms with Crippen molar-refractivity contribution >= 4 is 17.2 Å². The smallest absolute Gasteiger partial charge is 0.265 e. The molecule has 0 aromatic carbocycles. The molecule has 0 spiro atoms. The van der Waals surface area contributed by atoms with Crippen LogP contribution >= 0.6 is 11.3 Å². The summed E-state index contributed by atoms with van der Waals surface area (Å²) in [4.78, 5) is 26.1. The molecule has 0 unspecified atom stereocenters. The van der Waals surface area contributed by atoms with Crippen LogP contribution in [0.2, 0.25) is 0 Å². The van der Waals surface area contributed by atoms with E-state index in [1.807, 2.05) is 24.0 Å². The molecule has 0 atom stereocenters. The van der Waals surface area contributed by atoms with Crippen LogP contribution in [0.4, 0.5) is 0 Å². The van der Waals surface area contributed by atoms with Gasteiger partial charge in [-0.2, -0.15) is 0 Å². The van der Waals surface area contributed by atoms with Crippen molar-refractivity contribution in [3.8, 4) is 10.6 Å². The molecule has 1 aliphatic heterocycles. The number of nitrogens with zero attached hydrogens (tertiary/aromatic N) is 4. The van der Waals surface area contributed by atoms with Gasteiger partial charge in [-0.05, 0) is 26.1 Å². The number of carbonyl (C=O) groups excluding carboxylic acids is 1. The Morgan fingerprint density at radius 1 is 1.19 bits per heavy atom. The van der Waals surface area contributed by atoms with E-state index < -0.39 is 0 Å². The highest BCUT2D eigenvalue weighted by Gasteiger charge is 2.24. The fraction of sp³-hybridized carbons (Fsp3) is 0.400. The first kappa shape index (κ1) is 14.2. The molecular weight excluding hydrogens is 284 g/mol. The summed E-state index contributed by atoms with van der Waals surface area (Å²) >= 11 is 1.47. The van der Waals surface area contributed by atoms with Crippen molar-refractivity contribution in [1.82, 2.24) is 19.8 Å². The van der Waals surface area contributed by atoms with Crippen molar-refractivity contribution < 1.29 is 4.79 Å². The van der Waals surface area contributed by atoms with Crippen molar-refractivity contribution in [3.63, 3.8) is 0 Å². The highest BCUT2D eigenvalue weighted by Crippen LogP contribution is 2.28. The Morgan fingerprint density at radius 2 is 1.86 bits per heavy atom. The number of pyridine rings is 1. The van der Waals surface area contributed by atoms with Crippen LogP contribution < -0.4 is 0 Å². The zero-order chi connectivity index (χ0) is 14.8. The maximum absolute atomic E-state index is 12.6. The van der Waals surface area contributed by atoms with E-state index >= 15 is 0 Å². The van der Waals surface area contributed by atoms with Crippen molar-refractivity contribution in [1.29, 1.82) is 0 Å². The van der Waals surface area contributed by atoms with Gasteiger partial charge in [-0.3, -0.25) is 9.78 Å². The number of hydrogen-bond acceptors (Lipinski definition) is 5. The van der Waals surface area contributed by atoms with Gasteiger partial charge in [0.1, 0.15) is 9.88 Å². The van der Waals surface area contributed by atoms with Gasteiger partial charge in [0, 0.05) is 44.1 Å². The van der Waals surface area contributed by atoms with Gasteiger partial charge in [-0.25, -0.2) is 4.98 Å². The molecule has 3 rings (SSSR count). The van der Waals surface area contributed by atoms with Gasteiger partial charge in [0.25, 0.3) is 5.91 Å². The van der Waals surface area contributed by atoms with E-state index in [0.717, 1.165) is 47.3 Å².